The van der Waals surface area contributed by atoms with Gasteiger partial charge < -0.3 is 10.1 Å². The van der Waals surface area contributed by atoms with Gasteiger partial charge in [0.25, 0.3) is 0 Å². The number of aryl methyl sites for hydroxylation is 1. The summed E-state index contributed by atoms with van der Waals surface area (Å²) in [7, 11) is 0. The molecule has 0 saturated heterocycles. The molecule has 0 radical (unpaired) electrons. The zero-order chi connectivity index (χ0) is 10.8. The Labute approximate surface area is 101 Å². The summed E-state index contributed by atoms with van der Waals surface area (Å²) in [6.07, 6.45) is 3.74. The first kappa shape index (κ1) is 10.9. The van der Waals surface area contributed by atoms with Crippen LogP contribution in [-0.2, 0) is 6.42 Å². The molecule has 0 atom stereocenters. The van der Waals surface area contributed by atoms with Crippen molar-refractivity contribution in [3.8, 4) is 0 Å². The van der Waals surface area contributed by atoms with Gasteiger partial charge in [-0.15, -0.1) is 0 Å². The fourth-order valence-corrected chi connectivity index (χ4v) is 2.10. The summed E-state index contributed by atoms with van der Waals surface area (Å²) in [5.74, 6) is 0.966. The lowest BCUT2D eigenvalue weighted by atomic mass is 10.3. The molecule has 0 aliphatic carbocycles. The SMILES string of the molecule is NCCCc1nc(Cl)c2cc(Br)ccn12. The molecule has 15 heavy (non-hydrogen) atoms. The summed E-state index contributed by atoms with van der Waals surface area (Å²) in [5.41, 5.74) is 6.40. The van der Waals surface area contributed by atoms with E-state index in [1.54, 1.807) is 0 Å². The molecule has 0 aliphatic rings. The van der Waals surface area contributed by atoms with Gasteiger partial charge in [0.1, 0.15) is 5.82 Å². The van der Waals surface area contributed by atoms with Gasteiger partial charge in [0, 0.05) is 17.1 Å². The second-order valence-corrected chi connectivity index (χ2v) is 4.58. The van der Waals surface area contributed by atoms with Crippen LogP contribution in [0.1, 0.15) is 12.2 Å². The van der Waals surface area contributed by atoms with Crippen molar-refractivity contribution >= 4 is 33.0 Å². The number of hydrogen-bond donors (Lipinski definition) is 1. The average molecular weight is 289 g/mol. The van der Waals surface area contributed by atoms with Crippen LogP contribution in [0.2, 0.25) is 5.15 Å². The molecule has 0 unspecified atom stereocenters. The van der Waals surface area contributed by atoms with E-state index in [0.29, 0.717) is 11.7 Å². The second-order valence-electron chi connectivity index (χ2n) is 3.31. The van der Waals surface area contributed by atoms with E-state index in [2.05, 4.69) is 20.9 Å². The van der Waals surface area contributed by atoms with Crippen LogP contribution in [0.4, 0.5) is 0 Å². The van der Waals surface area contributed by atoms with Crippen molar-refractivity contribution in [1.82, 2.24) is 9.38 Å². The maximum Gasteiger partial charge on any atom is 0.155 e. The first-order valence-electron chi connectivity index (χ1n) is 4.74. The van der Waals surface area contributed by atoms with Crippen LogP contribution in [0.3, 0.4) is 0 Å². The molecule has 2 aromatic rings. The number of halogens is 2. The van der Waals surface area contributed by atoms with E-state index in [4.69, 9.17) is 17.3 Å². The standard InChI is InChI=1S/C10H11BrClN3/c11-7-3-5-15-8(6-7)10(12)14-9(15)2-1-4-13/h3,5-6H,1-2,4,13H2. The highest BCUT2D eigenvalue weighted by atomic mass is 79.9. The Bertz CT molecular complexity index is 481. The molecule has 0 spiro atoms. The van der Waals surface area contributed by atoms with E-state index >= 15 is 0 Å². The summed E-state index contributed by atoms with van der Waals surface area (Å²) >= 11 is 9.45. The lowest BCUT2D eigenvalue weighted by Crippen LogP contribution is -2.02. The van der Waals surface area contributed by atoms with Gasteiger partial charge in [0.05, 0.1) is 5.52 Å². The zero-order valence-corrected chi connectivity index (χ0v) is 10.4. The minimum atomic E-state index is 0.545. The second kappa shape index (κ2) is 4.51. The molecule has 0 bridgehead atoms. The van der Waals surface area contributed by atoms with Gasteiger partial charge >= 0.3 is 0 Å². The van der Waals surface area contributed by atoms with Crippen LogP contribution in [0, 0.1) is 0 Å². The molecule has 2 heterocycles. The lowest BCUT2D eigenvalue weighted by Gasteiger charge is -1.99. The maximum absolute atomic E-state index is 6.04. The third-order valence-electron chi connectivity index (χ3n) is 2.24. The Morgan fingerprint density at radius 3 is 3.07 bits per heavy atom. The predicted octanol–water partition coefficient (Wildman–Crippen LogP) is 2.64. The van der Waals surface area contributed by atoms with Gasteiger partial charge in [0.2, 0.25) is 0 Å². The van der Waals surface area contributed by atoms with Crippen LogP contribution in [0.25, 0.3) is 5.52 Å². The highest BCUT2D eigenvalue weighted by molar-refractivity contribution is 9.10. The first-order chi connectivity index (χ1) is 7.22. The van der Waals surface area contributed by atoms with Crippen LogP contribution >= 0.6 is 27.5 Å². The molecule has 0 amide bonds. The van der Waals surface area contributed by atoms with Crippen molar-refractivity contribution in [2.45, 2.75) is 12.8 Å². The van der Waals surface area contributed by atoms with Crippen LogP contribution in [-0.4, -0.2) is 15.9 Å². The number of aromatic nitrogens is 2. The maximum atomic E-state index is 6.04. The van der Waals surface area contributed by atoms with Crippen LogP contribution in [0.15, 0.2) is 22.8 Å². The average Bonchev–Trinajstić information content (AvgIpc) is 2.53. The summed E-state index contributed by atoms with van der Waals surface area (Å²) in [6, 6.07) is 3.93. The summed E-state index contributed by atoms with van der Waals surface area (Å²) < 4.78 is 3.00. The molecular weight excluding hydrogens is 277 g/mol. The smallest absolute Gasteiger partial charge is 0.155 e. The van der Waals surface area contributed by atoms with Crippen LogP contribution < -0.4 is 5.73 Å². The third-order valence-corrected chi connectivity index (χ3v) is 3.01. The molecule has 0 fully saturated rings. The number of imidazole rings is 1. The predicted molar refractivity (Wildman–Crippen MR) is 65.3 cm³/mol. The molecule has 2 rings (SSSR count). The fourth-order valence-electron chi connectivity index (χ4n) is 1.52. The molecule has 3 nitrogen and oxygen atoms in total. The van der Waals surface area contributed by atoms with Gasteiger partial charge in [-0.3, -0.25) is 0 Å². The Kier molecular flexibility index (Phi) is 3.29. The Morgan fingerprint density at radius 2 is 2.33 bits per heavy atom. The number of rotatable bonds is 3. The third kappa shape index (κ3) is 2.17. The molecule has 0 saturated carbocycles. The molecule has 80 valence electrons. The van der Waals surface area contributed by atoms with Gasteiger partial charge in [-0.1, -0.05) is 27.5 Å². The van der Waals surface area contributed by atoms with Crippen molar-refractivity contribution in [1.29, 1.82) is 0 Å². The molecule has 2 N–H and O–H groups in total. The van der Waals surface area contributed by atoms with Crippen molar-refractivity contribution in [3.05, 3.63) is 33.8 Å². The van der Waals surface area contributed by atoms with E-state index in [1.165, 1.54) is 0 Å². The summed E-state index contributed by atoms with van der Waals surface area (Å²) in [5, 5.41) is 0.545. The van der Waals surface area contributed by atoms with Gasteiger partial charge in [-0.2, -0.15) is 0 Å². The van der Waals surface area contributed by atoms with Crippen molar-refractivity contribution in [3.63, 3.8) is 0 Å². The molecule has 5 heteroatoms. The van der Waals surface area contributed by atoms with E-state index in [1.807, 2.05) is 22.7 Å². The van der Waals surface area contributed by atoms with Crippen molar-refractivity contribution in [2.24, 2.45) is 5.73 Å². The molecule has 0 aliphatic heterocycles. The lowest BCUT2D eigenvalue weighted by molar-refractivity contribution is 0.778. The Morgan fingerprint density at radius 1 is 1.53 bits per heavy atom. The summed E-state index contributed by atoms with van der Waals surface area (Å²) in [4.78, 5) is 4.32. The topological polar surface area (TPSA) is 43.3 Å². The molecule has 0 aromatic carbocycles. The van der Waals surface area contributed by atoms with E-state index in [0.717, 1.165) is 28.7 Å². The quantitative estimate of drug-likeness (QED) is 0.943. The van der Waals surface area contributed by atoms with E-state index < -0.39 is 0 Å². The van der Waals surface area contributed by atoms with Crippen molar-refractivity contribution < 1.29 is 0 Å². The van der Waals surface area contributed by atoms with Crippen molar-refractivity contribution in [2.75, 3.05) is 6.54 Å². The Balaban J connectivity index is 2.48. The highest BCUT2D eigenvalue weighted by Gasteiger charge is 2.08. The highest BCUT2D eigenvalue weighted by Crippen LogP contribution is 2.22. The van der Waals surface area contributed by atoms with Crippen LogP contribution in [0.5, 0.6) is 0 Å². The molecular formula is C10H11BrClN3. The summed E-state index contributed by atoms with van der Waals surface area (Å²) in [6.45, 7) is 0.670. The monoisotopic (exact) mass is 287 g/mol. The largest absolute Gasteiger partial charge is 0.330 e. The number of nitrogens with zero attached hydrogens (tertiary/aromatic N) is 2. The fraction of sp³-hybridized carbons (Fsp3) is 0.300. The molecule has 2 aromatic heterocycles. The number of fused-ring (bicyclic) bond motifs is 1. The minimum absolute atomic E-state index is 0.545. The minimum Gasteiger partial charge on any atom is -0.330 e. The van der Waals surface area contributed by atoms with E-state index in [9.17, 15) is 0 Å². The van der Waals surface area contributed by atoms with E-state index in [-0.39, 0.29) is 0 Å². The Hall–Kier alpha value is -0.580. The first-order valence-corrected chi connectivity index (χ1v) is 5.91. The van der Waals surface area contributed by atoms with Gasteiger partial charge in [-0.25, -0.2) is 4.98 Å². The normalized spacial score (nSPS) is 11.1. The number of nitrogens with two attached hydrogens (primary N) is 1. The zero-order valence-electron chi connectivity index (χ0n) is 8.08. The number of hydrogen-bond acceptors (Lipinski definition) is 2. The van der Waals surface area contributed by atoms with Gasteiger partial charge in [-0.05, 0) is 25.1 Å². The number of pyridine rings is 1. The van der Waals surface area contributed by atoms with Gasteiger partial charge in [0.15, 0.2) is 5.15 Å².